The Morgan fingerprint density at radius 1 is 1.03 bits per heavy atom. The lowest BCUT2D eigenvalue weighted by Crippen LogP contribution is -2.51. The Hall–Kier alpha value is -1.90. The molecule has 170 valence electrons. The molecule has 0 saturated heterocycles. The molecule has 4 aliphatic rings. The number of carbonyl (C=O) groups is 1. The number of sulfonamides is 1. The van der Waals surface area contributed by atoms with Gasteiger partial charge in [0.25, 0.3) is 0 Å². The largest absolute Gasteiger partial charge is 0.588 e. The van der Waals surface area contributed by atoms with Crippen LogP contribution in [0.2, 0.25) is 0 Å². The minimum Gasteiger partial charge on any atom is -0.588 e. The third kappa shape index (κ3) is 4.08. The van der Waals surface area contributed by atoms with E-state index in [4.69, 9.17) is 4.74 Å². The zero-order valence-corrected chi connectivity index (χ0v) is 20.3. The number of rotatable bonds is 6. The lowest BCUT2D eigenvalue weighted by molar-refractivity contribution is -0.140. The Bertz CT molecular complexity index is 1050. The van der Waals surface area contributed by atoms with Crippen molar-refractivity contribution in [3.8, 4) is 5.75 Å². The van der Waals surface area contributed by atoms with Gasteiger partial charge in [0.15, 0.2) is 16.1 Å². The van der Waals surface area contributed by atoms with Gasteiger partial charge in [-0.3, -0.25) is 4.79 Å². The number of nitrogens with one attached hydrogen (secondary N) is 2. The molecule has 2 N–H and O–H groups in total. The molecule has 4 fully saturated rings. The second-order valence-electron chi connectivity index (χ2n) is 9.63. The molecular weight excluding hydrogens is 492 g/mol. The topological polar surface area (TPSA) is 90.5 Å². The Labute approximate surface area is 198 Å². The summed E-state index contributed by atoms with van der Waals surface area (Å²) in [6.45, 7) is 0. The van der Waals surface area contributed by atoms with Crippen LogP contribution in [0.3, 0.4) is 0 Å². The van der Waals surface area contributed by atoms with Gasteiger partial charge in [0, 0.05) is 16.2 Å². The van der Waals surface area contributed by atoms with E-state index in [9.17, 15) is 13.6 Å². The lowest BCUT2D eigenvalue weighted by atomic mass is 9.49. The third-order valence-electron chi connectivity index (χ3n) is 7.33. The minimum absolute atomic E-state index is 0.00812. The Morgan fingerprint density at radius 3 is 2.16 bits per heavy atom. The molecule has 0 heterocycles. The first-order chi connectivity index (χ1) is 15.3. The fourth-order valence-corrected chi connectivity index (χ4v) is 7.86. The standard InChI is InChI=1S/C24H27BrN2O4S/c1-31-21-7-6-20(11-22(21)32(29,30)27-19-4-2-18(25)3-5-19)26-23(28)24-12-15-8-16(13-24)10-17(9-15)14-24/h2-7,11,15-17H,8-10,12-14H2,1H3,(H2-,26,27,28,29,30). The summed E-state index contributed by atoms with van der Waals surface area (Å²) in [5, 5.41) is 3.04. The highest BCUT2D eigenvalue weighted by Gasteiger charge is 2.54. The quantitative estimate of drug-likeness (QED) is 0.484. The van der Waals surface area contributed by atoms with Crippen molar-refractivity contribution in [3.63, 3.8) is 0 Å². The van der Waals surface area contributed by atoms with Gasteiger partial charge in [0.2, 0.25) is 10.8 Å². The first-order valence-electron chi connectivity index (χ1n) is 11.0. The number of halogens is 1. The molecule has 1 unspecified atom stereocenters. The number of carbonyl (C=O) groups excluding carboxylic acids is 1. The summed E-state index contributed by atoms with van der Waals surface area (Å²) in [5.41, 5.74) is 0.615. The van der Waals surface area contributed by atoms with Gasteiger partial charge in [0.1, 0.15) is 0 Å². The second kappa shape index (κ2) is 8.15. The van der Waals surface area contributed by atoms with Gasteiger partial charge in [-0.15, -0.1) is 0 Å². The summed E-state index contributed by atoms with van der Waals surface area (Å²) in [7, 11) is -2.48. The Kier molecular flexibility index (Phi) is 5.58. The fourth-order valence-electron chi connectivity index (χ4n) is 6.34. The third-order valence-corrected chi connectivity index (χ3v) is 9.26. The normalized spacial score (nSPS) is 29.9. The van der Waals surface area contributed by atoms with E-state index >= 15 is 0 Å². The molecule has 4 bridgehead atoms. The molecule has 0 spiro atoms. The van der Waals surface area contributed by atoms with Crippen LogP contribution in [-0.2, 0) is 19.4 Å². The van der Waals surface area contributed by atoms with Gasteiger partial charge in [-0.25, -0.2) is 4.72 Å². The van der Waals surface area contributed by atoms with Crippen LogP contribution in [0, 0.1) is 23.2 Å². The number of anilines is 2. The van der Waals surface area contributed by atoms with Crippen LogP contribution < -0.4 is 14.8 Å². The van der Waals surface area contributed by atoms with E-state index < -0.39 is 10.4 Å². The molecule has 1 amide bonds. The smallest absolute Gasteiger partial charge is 0.230 e. The van der Waals surface area contributed by atoms with Crippen LogP contribution in [0.25, 0.3) is 0 Å². The van der Waals surface area contributed by atoms with Crippen LogP contribution >= 0.6 is 15.9 Å². The van der Waals surface area contributed by atoms with Crippen LogP contribution in [0.5, 0.6) is 5.75 Å². The van der Waals surface area contributed by atoms with Gasteiger partial charge in [-0.1, -0.05) is 20.1 Å². The molecule has 0 radical (unpaired) electrons. The predicted octanol–water partition coefficient (Wildman–Crippen LogP) is 5.63. The van der Waals surface area contributed by atoms with Crippen molar-refractivity contribution in [1.29, 1.82) is 0 Å². The van der Waals surface area contributed by atoms with Gasteiger partial charge < -0.3 is 14.6 Å². The molecule has 6 rings (SSSR count). The highest BCUT2D eigenvalue weighted by Crippen LogP contribution is 2.60. The molecule has 0 aliphatic heterocycles. The van der Waals surface area contributed by atoms with E-state index in [2.05, 4.69) is 26.0 Å². The van der Waals surface area contributed by atoms with E-state index in [1.807, 2.05) is 0 Å². The highest BCUT2D eigenvalue weighted by molar-refractivity contribution is 9.10. The number of methoxy groups -OCH3 is 1. The number of amides is 1. The summed E-state index contributed by atoms with van der Waals surface area (Å²) in [6.07, 6.45) is 6.66. The molecule has 2 aromatic rings. The first-order valence-corrected chi connectivity index (χ1v) is 13.3. The molecule has 4 saturated carbocycles. The molecule has 4 aliphatic carbocycles. The summed E-state index contributed by atoms with van der Waals surface area (Å²) in [5.74, 6) is 2.24. The highest BCUT2D eigenvalue weighted by atomic mass is 79.9. The number of ether oxygens (including phenoxy) is 1. The van der Waals surface area contributed by atoms with Gasteiger partial charge in [-0.2, -0.15) is 0 Å². The predicted molar refractivity (Wildman–Crippen MR) is 127 cm³/mol. The lowest BCUT2D eigenvalue weighted by Gasteiger charge is -2.55. The summed E-state index contributed by atoms with van der Waals surface area (Å²) in [6, 6.07) is 11.6. The van der Waals surface area contributed by atoms with E-state index in [-0.39, 0.29) is 22.0 Å². The fraction of sp³-hybridized carbons (Fsp3) is 0.458. The van der Waals surface area contributed by atoms with Crippen LogP contribution in [0.4, 0.5) is 11.4 Å². The van der Waals surface area contributed by atoms with Gasteiger partial charge >= 0.3 is 0 Å². The zero-order chi connectivity index (χ0) is 22.5. The molecule has 8 heteroatoms. The number of hydrogen-bond donors (Lipinski definition) is 2. The summed E-state index contributed by atoms with van der Waals surface area (Å²) >= 11 is 3.34. The number of benzene rings is 2. The van der Waals surface area contributed by atoms with E-state index in [0.717, 1.165) is 23.7 Å². The first kappa shape index (κ1) is 21.9. The zero-order valence-electron chi connectivity index (χ0n) is 17.9. The summed E-state index contributed by atoms with van der Waals surface area (Å²) in [4.78, 5) is 13.4. The maximum atomic E-state index is 13.4. The van der Waals surface area contributed by atoms with Crippen molar-refractivity contribution in [2.45, 2.75) is 43.4 Å². The van der Waals surface area contributed by atoms with Crippen LogP contribution in [0.15, 0.2) is 51.8 Å². The molecule has 0 aromatic heterocycles. The average Bonchev–Trinajstić information content (AvgIpc) is 2.74. The van der Waals surface area contributed by atoms with Crippen molar-refractivity contribution in [2.75, 3.05) is 17.1 Å². The van der Waals surface area contributed by atoms with Gasteiger partial charge in [0.05, 0.1) is 18.2 Å². The van der Waals surface area contributed by atoms with Crippen molar-refractivity contribution in [1.82, 2.24) is 0 Å². The summed E-state index contributed by atoms with van der Waals surface area (Å²) < 4.78 is 35.0. The van der Waals surface area contributed by atoms with Crippen molar-refractivity contribution >= 4 is 43.6 Å². The average molecular weight is 519 g/mol. The maximum absolute atomic E-state index is 13.4. The van der Waals surface area contributed by atoms with Gasteiger partial charge in [-0.05, 0) is 92.7 Å². The molecule has 32 heavy (non-hydrogen) atoms. The Morgan fingerprint density at radius 2 is 1.59 bits per heavy atom. The van der Waals surface area contributed by atoms with E-state index in [1.54, 1.807) is 36.4 Å². The molecular formula is C24H27BrN2O4S. The number of hydrogen-bond acceptors (Lipinski definition) is 4. The van der Waals surface area contributed by atoms with E-state index in [1.165, 1.54) is 32.4 Å². The van der Waals surface area contributed by atoms with Crippen LogP contribution in [0.1, 0.15) is 38.5 Å². The maximum Gasteiger partial charge on any atom is 0.230 e. The SMILES string of the molecule is COc1ccc(NC(=O)C23CC4CC(CC(C4)C2)C3)cc1[S+](=O)([O-])Nc1ccc(Br)cc1. The van der Waals surface area contributed by atoms with Crippen molar-refractivity contribution in [2.24, 2.45) is 23.2 Å². The molecule has 6 nitrogen and oxygen atoms in total. The monoisotopic (exact) mass is 518 g/mol. The minimum atomic E-state index is -3.91. The molecule has 2 aromatic carbocycles. The molecule has 1 atom stereocenters. The van der Waals surface area contributed by atoms with E-state index in [0.29, 0.717) is 29.1 Å². The van der Waals surface area contributed by atoms with Crippen molar-refractivity contribution < 1.29 is 18.3 Å². The van der Waals surface area contributed by atoms with Crippen LogP contribution in [-0.4, -0.2) is 17.6 Å². The van der Waals surface area contributed by atoms with Crippen molar-refractivity contribution in [3.05, 3.63) is 46.9 Å². The Balaban J connectivity index is 1.39. The second-order valence-corrected chi connectivity index (χ2v) is 12.2.